The van der Waals surface area contributed by atoms with Crippen molar-refractivity contribution in [1.82, 2.24) is 5.43 Å². The predicted molar refractivity (Wildman–Crippen MR) is 111 cm³/mol. The fraction of sp³-hybridized carbons (Fsp3) is 0.176. The van der Waals surface area contributed by atoms with E-state index in [0.29, 0.717) is 5.56 Å². The van der Waals surface area contributed by atoms with E-state index in [1.807, 2.05) is 43.3 Å². The molecule has 136 valence electrons. The third-order valence-electron chi connectivity index (χ3n) is 3.41. The maximum Gasteiger partial charge on any atom is 0.270 e. The normalized spacial score (nSPS) is 10.6. The summed E-state index contributed by atoms with van der Waals surface area (Å²) in [5.74, 6) is -0.322. The molecule has 0 bridgehead atoms. The van der Waals surface area contributed by atoms with Crippen LogP contribution in [0, 0.1) is 13.7 Å². The number of nitro benzene ring substituents is 1. The van der Waals surface area contributed by atoms with Crippen LogP contribution in [0.4, 0.5) is 17.1 Å². The molecular weight excluding hydrogens is 449 g/mol. The Bertz CT molecular complexity index is 839. The standard InChI is InChI=1S/C17H18IN5O3/c1-22(2)16-8-7-13(23(25)26)9-12(16)10-20-21-17(24)11-19-15-6-4-3-5-14(15)18/h3-10,19H,11H2,1-2H3,(H,21,24). The first-order valence-corrected chi connectivity index (χ1v) is 8.72. The van der Waals surface area contributed by atoms with E-state index in [1.165, 1.54) is 18.3 Å². The number of halogens is 1. The lowest BCUT2D eigenvalue weighted by Gasteiger charge is -2.14. The van der Waals surface area contributed by atoms with Gasteiger partial charge in [-0.15, -0.1) is 0 Å². The van der Waals surface area contributed by atoms with Gasteiger partial charge < -0.3 is 10.2 Å². The number of non-ortho nitro benzene ring substituents is 1. The van der Waals surface area contributed by atoms with Crippen LogP contribution in [0.5, 0.6) is 0 Å². The average molecular weight is 467 g/mol. The zero-order valence-corrected chi connectivity index (χ0v) is 16.4. The third kappa shape index (κ3) is 5.41. The smallest absolute Gasteiger partial charge is 0.270 e. The molecule has 2 aromatic carbocycles. The molecule has 0 unspecified atom stereocenters. The molecule has 26 heavy (non-hydrogen) atoms. The summed E-state index contributed by atoms with van der Waals surface area (Å²) in [7, 11) is 3.64. The van der Waals surface area contributed by atoms with E-state index in [1.54, 1.807) is 6.07 Å². The summed E-state index contributed by atoms with van der Waals surface area (Å²) in [5, 5.41) is 17.9. The summed E-state index contributed by atoms with van der Waals surface area (Å²) in [4.78, 5) is 24.2. The van der Waals surface area contributed by atoms with Gasteiger partial charge in [0.2, 0.25) is 0 Å². The minimum Gasteiger partial charge on any atom is -0.377 e. The van der Waals surface area contributed by atoms with Gasteiger partial charge in [-0.25, -0.2) is 5.43 Å². The second-order valence-corrected chi connectivity index (χ2v) is 6.68. The number of benzene rings is 2. The van der Waals surface area contributed by atoms with Gasteiger partial charge in [-0.05, 0) is 40.8 Å². The number of carbonyl (C=O) groups excluding carboxylic acids is 1. The van der Waals surface area contributed by atoms with Crippen LogP contribution < -0.4 is 15.6 Å². The molecule has 0 radical (unpaired) electrons. The molecule has 0 aliphatic carbocycles. The Hall–Kier alpha value is -2.69. The molecule has 9 heteroatoms. The largest absolute Gasteiger partial charge is 0.377 e. The van der Waals surface area contributed by atoms with Crippen LogP contribution in [-0.2, 0) is 4.79 Å². The van der Waals surface area contributed by atoms with E-state index < -0.39 is 4.92 Å². The Morgan fingerprint density at radius 2 is 2.04 bits per heavy atom. The highest BCUT2D eigenvalue weighted by Gasteiger charge is 2.11. The van der Waals surface area contributed by atoms with Gasteiger partial charge in [0.1, 0.15) is 0 Å². The lowest BCUT2D eigenvalue weighted by Crippen LogP contribution is -2.26. The predicted octanol–water partition coefficient (Wildman–Crippen LogP) is 2.83. The van der Waals surface area contributed by atoms with Crippen molar-refractivity contribution in [2.45, 2.75) is 0 Å². The van der Waals surface area contributed by atoms with Crippen molar-refractivity contribution in [2.24, 2.45) is 5.10 Å². The Kier molecular flexibility index (Phi) is 6.89. The Morgan fingerprint density at radius 3 is 2.69 bits per heavy atom. The number of hydrogen-bond acceptors (Lipinski definition) is 6. The van der Waals surface area contributed by atoms with Crippen molar-refractivity contribution < 1.29 is 9.72 Å². The molecule has 0 aliphatic rings. The zero-order chi connectivity index (χ0) is 19.1. The molecule has 0 saturated heterocycles. The van der Waals surface area contributed by atoms with Gasteiger partial charge in [-0.2, -0.15) is 5.10 Å². The average Bonchev–Trinajstić information content (AvgIpc) is 2.60. The second kappa shape index (κ2) is 9.13. The van der Waals surface area contributed by atoms with Crippen molar-refractivity contribution in [3.63, 3.8) is 0 Å². The highest BCUT2D eigenvalue weighted by molar-refractivity contribution is 14.1. The van der Waals surface area contributed by atoms with E-state index in [0.717, 1.165) is 14.9 Å². The van der Waals surface area contributed by atoms with E-state index in [2.05, 4.69) is 38.4 Å². The molecule has 0 spiro atoms. The van der Waals surface area contributed by atoms with Gasteiger partial charge in [0.25, 0.3) is 11.6 Å². The number of nitrogens with one attached hydrogen (secondary N) is 2. The molecule has 0 saturated carbocycles. The number of para-hydroxylation sites is 1. The fourth-order valence-corrected chi connectivity index (χ4v) is 2.74. The van der Waals surface area contributed by atoms with Crippen molar-refractivity contribution in [1.29, 1.82) is 0 Å². The topological polar surface area (TPSA) is 99.9 Å². The minimum atomic E-state index is -0.471. The first-order valence-electron chi connectivity index (χ1n) is 7.64. The summed E-state index contributed by atoms with van der Waals surface area (Å²) in [6, 6.07) is 12.1. The summed E-state index contributed by atoms with van der Waals surface area (Å²) >= 11 is 2.18. The molecule has 0 fully saturated rings. The first-order chi connectivity index (χ1) is 12.4. The number of anilines is 2. The van der Waals surface area contributed by atoms with Gasteiger partial charge in [-0.3, -0.25) is 14.9 Å². The van der Waals surface area contributed by atoms with Crippen molar-refractivity contribution in [3.05, 3.63) is 61.7 Å². The lowest BCUT2D eigenvalue weighted by molar-refractivity contribution is -0.384. The molecule has 0 aliphatic heterocycles. The van der Waals surface area contributed by atoms with Crippen LogP contribution in [0.2, 0.25) is 0 Å². The second-order valence-electron chi connectivity index (χ2n) is 5.52. The van der Waals surface area contributed by atoms with Crippen molar-refractivity contribution in [2.75, 3.05) is 30.9 Å². The maximum absolute atomic E-state index is 11.9. The van der Waals surface area contributed by atoms with Crippen molar-refractivity contribution >= 4 is 51.8 Å². The Morgan fingerprint density at radius 1 is 1.31 bits per heavy atom. The summed E-state index contributed by atoms with van der Waals surface area (Å²) < 4.78 is 1.01. The number of nitrogens with zero attached hydrogens (tertiary/aromatic N) is 3. The molecule has 2 N–H and O–H groups in total. The number of hydrogen-bond donors (Lipinski definition) is 2. The molecule has 0 atom stereocenters. The Balaban J connectivity index is 2.01. The molecule has 8 nitrogen and oxygen atoms in total. The van der Waals surface area contributed by atoms with Gasteiger partial charge >= 0.3 is 0 Å². The molecule has 1 amide bonds. The van der Waals surface area contributed by atoms with E-state index in [-0.39, 0.29) is 18.1 Å². The summed E-state index contributed by atoms with van der Waals surface area (Å²) in [6.07, 6.45) is 1.40. The quantitative estimate of drug-likeness (QED) is 0.283. The molecule has 2 rings (SSSR count). The van der Waals surface area contributed by atoms with Crippen LogP contribution in [0.25, 0.3) is 0 Å². The molecule has 2 aromatic rings. The van der Waals surface area contributed by atoms with Crippen LogP contribution in [0.1, 0.15) is 5.56 Å². The number of carbonyl (C=O) groups is 1. The fourth-order valence-electron chi connectivity index (χ4n) is 2.16. The minimum absolute atomic E-state index is 0.0382. The number of amides is 1. The third-order valence-corrected chi connectivity index (χ3v) is 4.35. The molecule has 0 aromatic heterocycles. The van der Waals surface area contributed by atoms with Gasteiger partial charge in [0.15, 0.2) is 0 Å². The SMILES string of the molecule is CN(C)c1ccc([N+](=O)[O-])cc1C=NNC(=O)CNc1ccccc1I. The lowest BCUT2D eigenvalue weighted by atomic mass is 10.1. The van der Waals surface area contributed by atoms with E-state index in [9.17, 15) is 14.9 Å². The number of rotatable bonds is 7. The van der Waals surface area contributed by atoms with Crippen LogP contribution in [-0.4, -0.2) is 37.7 Å². The highest BCUT2D eigenvalue weighted by atomic mass is 127. The van der Waals surface area contributed by atoms with Gasteiger partial charge in [-0.1, -0.05) is 12.1 Å². The van der Waals surface area contributed by atoms with E-state index >= 15 is 0 Å². The van der Waals surface area contributed by atoms with Crippen LogP contribution in [0.3, 0.4) is 0 Å². The molecule has 0 heterocycles. The summed E-state index contributed by atoms with van der Waals surface area (Å²) in [6.45, 7) is 0.0623. The van der Waals surface area contributed by atoms with Gasteiger partial charge in [0, 0.05) is 46.7 Å². The summed E-state index contributed by atoms with van der Waals surface area (Å²) in [5.41, 5.74) is 4.53. The monoisotopic (exact) mass is 467 g/mol. The van der Waals surface area contributed by atoms with Gasteiger partial charge in [0.05, 0.1) is 17.7 Å². The van der Waals surface area contributed by atoms with Crippen molar-refractivity contribution in [3.8, 4) is 0 Å². The van der Waals surface area contributed by atoms with Crippen LogP contribution in [0.15, 0.2) is 47.6 Å². The zero-order valence-electron chi connectivity index (χ0n) is 14.3. The first kappa shape index (κ1) is 19.6. The van der Waals surface area contributed by atoms with E-state index in [4.69, 9.17) is 0 Å². The molecular formula is C17H18IN5O3. The Labute approximate surface area is 164 Å². The number of hydrazone groups is 1. The maximum atomic E-state index is 11.9. The van der Waals surface area contributed by atoms with Crippen LogP contribution >= 0.6 is 22.6 Å². The number of nitro groups is 1. The highest BCUT2D eigenvalue weighted by Crippen LogP contribution is 2.22.